The van der Waals surface area contributed by atoms with E-state index in [1.807, 2.05) is 11.8 Å². The Kier molecular flexibility index (Phi) is 9.89. The molecule has 0 unspecified atom stereocenters. The highest BCUT2D eigenvalue weighted by Crippen LogP contribution is 2.38. The number of thioether (sulfide) groups is 1. The minimum Gasteiger partial charge on any atom is -0.387 e. The molecule has 40 heavy (non-hydrogen) atoms. The minimum absolute atomic E-state index is 0.00717. The Hall–Kier alpha value is -2.50. The highest BCUT2D eigenvalue weighted by molar-refractivity contribution is 8.00. The van der Waals surface area contributed by atoms with Gasteiger partial charge in [0.2, 0.25) is 5.91 Å². The van der Waals surface area contributed by atoms with E-state index >= 15 is 0 Å². The fourth-order valence-corrected chi connectivity index (χ4v) is 6.70. The van der Waals surface area contributed by atoms with E-state index < -0.39 is 50.2 Å². The van der Waals surface area contributed by atoms with E-state index in [-0.39, 0.29) is 36.0 Å². The van der Waals surface area contributed by atoms with Crippen LogP contribution in [0.1, 0.15) is 37.5 Å². The Balaban J connectivity index is 1.24. The van der Waals surface area contributed by atoms with Crippen molar-refractivity contribution in [2.45, 2.75) is 74.0 Å². The van der Waals surface area contributed by atoms with E-state index in [9.17, 15) is 34.0 Å². The number of carbonyl (C=O) groups is 2. The summed E-state index contributed by atoms with van der Waals surface area (Å²) < 4.78 is 21.5. The van der Waals surface area contributed by atoms with Gasteiger partial charge in [0.1, 0.15) is 18.3 Å². The van der Waals surface area contributed by atoms with Gasteiger partial charge < -0.3 is 40.7 Å². The van der Waals surface area contributed by atoms with Gasteiger partial charge in [-0.1, -0.05) is 12.5 Å². The fourth-order valence-electron chi connectivity index (χ4n) is 4.81. The van der Waals surface area contributed by atoms with Gasteiger partial charge in [-0.2, -0.15) is 11.8 Å². The Morgan fingerprint density at radius 3 is 2.75 bits per heavy atom. The maximum atomic E-state index is 12.3. The van der Waals surface area contributed by atoms with Crippen molar-refractivity contribution in [3.63, 3.8) is 0 Å². The second-order valence-electron chi connectivity index (χ2n) is 9.70. The van der Waals surface area contributed by atoms with Crippen LogP contribution < -0.4 is 27.2 Å². The van der Waals surface area contributed by atoms with Crippen LogP contribution in [0.3, 0.4) is 0 Å². The molecule has 1 aromatic rings. The van der Waals surface area contributed by atoms with Crippen molar-refractivity contribution in [2.75, 3.05) is 12.4 Å². The maximum Gasteiger partial charge on any atom is 0.469 e. The van der Waals surface area contributed by atoms with Crippen molar-refractivity contribution in [1.82, 2.24) is 25.5 Å². The van der Waals surface area contributed by atoms with E-state index in [4.69, 9.17) is 14.5 Å². The summed E-state index contributed by atoms with van der Waals surface area (Å²) in [6, 6.07) is 0.163. The summed E-state index contributed by atoms with van der Waals surface area (Å²) in [4.78, 5) is 68.0. The van der Waals surface area contributed by atoms with Gasteiger partial charge >= 0.3 is 19.5 Å². The third-order valence-corrected chi connectivity index (χ3v) is 8.83. The van der Waals surface area contributed by atoms with Crippen LogP contribution in [0.2, 0.25) is 0 Å². The number of allylic oxidation sites excluding steroid dienone is 1. The predicted molar refractivity (Wildman–Crippen MR) is 140 cm³/mol. The van der Waals surface area contributed by atoms with E-state index in [1.165, 1.54) is 12.3 Å². The SMILES string of the molecule is O=C(CCCC[C@@H]1SC[C@@H]2NC(=O)N[C@@H]21)N/C=C/Cc1cn([C@@H]2O[C@H](COP(=O)(O)O)[C@@H](O)[C@H]2O)c(=O)[nH]c1=O. The van der Waals surface area contributed by atoms with Crippen LogP contribution in [0.25, 0.3) is 0 Å². The summed E-state index contributed by atoms with van der Waals surface area (Å²) in [5, 5.41) is 29.2. The lowest BCUT2D eigenvalue weighted by molar-refractivity contribution is -0.120. The van der Waals surface area contributed by atoms with Crippen molar-refractivity contribution >= 4 is 31.5 Å². The van der Waals surface area contributed by atoms with E-state index in [0.29, 0.717) is 18.1 Å². The number of aromatic nitrogens is 2. The molecule has 0 aliphatic carbocycles. The zero-order valence-corrected chi connectivity index (χ0v) is 22.9. The number of rotatable bonds is 12. The summed E-state index contributed by atoms with van der Waals surface area (Å²) in [5.74, 6) is 0.674. The van der Waals surface area contributed by atoms with Gasteiger partial charge in [0.25, 0.3) is 5.56 Å². The van der Waals surface area contributed by atoms with Crippen LogP contribution in [0.5, 0.6) is 0 Å². The highest BCUT2D eigenvalue weighted by Gasteiger charge is 2.45. The number of phosphoric acid groups is 1. The predicted octanol–water partition coefficient (Wildman–Crippen LogP) is -1.84. The number of carbonyl (C=O) groups excluding carboxylic acids is 2. The van der Waals surface area contributed by atoms with Crippen molar-refractivity contribution in [3.8, 4) is 0 Å². The Morgan fingerprint density at radius 2 is 2.00 bits per heavy atom. The topological polar surface area (TPSA) is 242 Å². The smallest absolute Gasteiger partial charge is 0.387 e. The molecule has 18 heteroatoms. The summed E-state index contributed by atoms with van der Waals surface area (Å²) in [5.41, 5.74) is -1.55. The summed E-state index contributed by atoms with van der Waals surface area (Å²) in [6.45, 7) is -0.747. The number of fused-ring (bicyclic) bond motifs is 1. The normalized spacial score (nSPS) is 29.9. The molecular formula is C22H32N5O11PS. The van der Waals surface area contributed by atoms with Gasteiger partial charge in [0.05, 0.1) is 18.7 Å². The number of urea groups is 1. The highest BCUT2D eigenvalue weighted by atomic mass is 32.2. The van der Waals surface area contributed by atoms with Crippen LogP contribution in [-0.2, 0) is 25.0 Å². The van der Waals surface area contributed by atoms with E-state index in [2.05, 4.69) is 25.5 Å². The molecule has 7 atom stereocenters. The molecule has 1 aromatic heterocycles. The molecule has 3 saturated heterocycles. The van der Waals surface area contributed by atoms with Crippen LogP contribution in [-0.4, -0.2) is 89.5 Å². The number of aliphatic hydroxyl groups is 2. The van der Waals surface area contributed by atoms with Crippen molar-refractivity contribution < 1.29 is 43.4 Å². The number of amides is 3. The molecule has 0 aromatic carbocycles. The third-order valence-electron chi connectivity index (χ3n) is 6.84. The maximum absolute atomic E-state index is 12.3. The quantitative estimate of drug-likeness (QED) is 0.0745. The number of phosphoric ester groups is 1. The van der Waals surface area contributed by atoms with Crippen LogP contribution in [0.15, 0.2) is 28.1 Å². The van der Waals surface area contributed by atoms with Gasteiger partial charge in [-0.15, -0.1) is 0 Å². The fraction of sp³-hybridized carbons (Fsp3) is 0.636. The molecule has 0 spiro atoms. The first-order valence-electron chi connectivity index (χ1n) is 12.6. The molecule has 0 radical (unpaired) electrons. The molecule has 3 aliphatic heterocycles. The summed E-state index contributed by atoms with van der Waals surface area (Å²) >= 11 is 1.82. The number of aromatic amines is 1. The molecule has 3 amide bonds. The number of hydrogen-bond donors (Lipinski definition) is 8. The molecule has 0 saturated carbocycles. The number of nitrogens with one attached hydrogen (secondary N) is 4. The third kappa shape index (κ3) is 7.61. The number of hydrogen-bond acceptors (Lipinski definition) is 10. The van der Waals surface area contributed by atoms with Crippen LogP contribution in [0.4, 0.5) is 4.79 Å². The zero-order chi connectivity index (χ0) is 29.0. The lowest BCUT2D eigenvalue weighted by atomic mass is 10.0. The molecule has 3 fully saturated rings. The van der Waals surface area contributed by atoms with Crippen molar-refractivity contribution in [3.05, 3.63) is 44.9 Å². The molecule has 8 N–H and O–H groups in total. The standard InChI is InChI=1S/C22H32N5O11PS/c28-15(6-2-1-5-14-16-12(10-40-14)24-21(32)25-16)23-7-3-4-11-8-27(22(33)26-19(11)31)20-18(30)17(29)13(38-20)9-37-39(34,35)36/h3,7-8,12-14,16-18,20,29-30H,1-2,4-6,9-10H2,(H,23,28)(H2,24,25,32)(H,26,31,33)(H2,34,35,36)/b7-3+/t12-,13+,14-,16-,17+,18+,20+/m0/s1. The first kappa shape index (κ1) is 30.5. The van der Waals surface area contributed by atoms with Crippen LogP contribution >= 0.6 is 19.6 Å². The molecule has 4 rings (SSSR count). The second kappa shape index (κ2) is 13.0. The van der Waals surface area contributed by atoms with Crippen LogP contribution in [0, 0.1) is 0 Å². The molecule has 3 aliphatic rings. The monoisotopic (exact) mass is 605 g/mol. The van der Waals surface area contributed by atoms with Gasteiger partial charge in [0.15, 0.2) is 6.23 Å². The molecule has 222 valence electrons. The number of nitrogens with zero attached hydrogens (tertiary/aromatic N) is 1. The van der Waals surface area contributed by atoms with Gasteiger partial charge in [-0.05, 0) is 19.3 Å². The first-order valence-corrected chi connectivity index (χ1v) is 15.2. The number of ether oxygens (including phenoxy) is 1. The second-order valence-corrected chi connectivity index (χ2v) is 12.2. The lowest BCUT2D eigenvalue weighted by Gasteiger charge is -2.18. The van der Waals surface area contributed by atoms with Crippen molar-refractivity contribution in [2.24, 2.45) is 0 Å². The Labute approximate surface area is 231 Å². The van der Waals surface area contributed by atoms with Gasteiger partial charge in [0, 0.05) is 35.4 Å². The molecule has 0 bridgehead atoms. The van der Waals surface area contributed by atoms with Gasteiger partial charge in [-0.3, -0.25) is 23.7 Å². The van der Waals surface area contributed by atoms with Crippen molar-refractivity contribution in [1.29, 1.82) is 0 Å². The largest absolute Gasteiger partial charge is 0.469 e. The molecular weight excluding hydrogens is 573 g/mol. The van der Waals surface area contributed by atoms with E-state index in [1.54, 1.807) is 0 Å². The number of unbranched alkanes of at least 4 members (excludes halogenated alkanes) is 1. The average molecular weight is 606 g/mol. The average Bonchev–Trinajstić information content (AvgIpc) is 3.52. The van der Waals surface area contributed by atoms with E-state index in [0.717, 1.165) is 29.4 Å². The minimum atomic E-state index is -4.86. The number of H-pyrrole nitrogens is 1. The Morgan fingerprint density at radius 1 is 1.23 bits per heavy atom. The zero-order valence-electron chi connectivity index (χ0n) is 21.2. The first-order chi connectivity index (χ1) is 18.9. The van der Waals surface area contributed by atoms with Gasteiger partial charge in [-0.25, -0.2) is 14.2 Å². The lowest BCUT2D eigenvalue weighted by Crippen LogP contribution is -2.38. The number of aliphatic hydroxyl groups excluding tert-OH is 2. The molecule has 16 nitrogen and oxygen atoms in total. The summed E-state index contributed by atoms with van der Waals surface area (Å²) in [6.07, 6.45) is 0.650. The molecule has 4 heterocycles. The summed E-state index contributed by atoms with van der Waals surface area (Å²) in [7, 11) is -4.86. The Bertz CT molecular complexity index is 1280.